The van der Waals surface area contributed by atoms with Crippen LogP contribution in [0.15, 0.2) is 125 Å². The van der Waals surface area contributed by atoms with E-state index in [-0.39, 0.29) is 11.6 Å². The van der Waals surface area contributed by atoms with Crippen LogP contribution in [0.3, 0.4) is 0 Å². The van der Waals surface area contributed by atoms with Gasteiger partial charge >= 0.3 is 0 Å². The maximum Gasteiger partial charge on any atom is 0.272 e. The van der Waals surface area contributed by atoms with Crippen LogP contribution in [-0.4, -0.2) is 34.6 Å². The van der Waals surface area contributed by atoms with E-state index in [9.17, 15) is 14.4 Å². The van der Waals surface area contributed by atoms with Crippen LogP contribution in [0.1, 0.15) is 29.8 Å². The number of aromatic nitrogens is 1. The lowest BCUT2D eigenvalue weighted by Gasteiger charge is -2.14. The van der Waals surface area contributed by atoms with Gasteiger partial charge in [0.05, 0.1) is 17.6 Å². The minimum Gasteiger partial charge on any atom is -0.493 e. The van der Waals surface area contributed by atoms with Gasteiger partial charge in [0.2, 0.25) is 5.91 Å². The number of para-hydroxylation sites is 1. The highest BCUT2D eigenvalue weighted by atomic mass is 32.2. The van der Waals surface area contributed by atoms with Gasteiger partial charge in [-0.1, -0.05) is 66.7 Å². The molecular formula is C36H32N4O4S2. The van der Waals surface area contributed by atoms with Gasteiger partial charge in [0.25, 0.3) is 11.8 Å². The van der Waals surface area contributed by atoms with Gasteiger partial charge in [-0.3, -0.25) is 14.4 Å². The van der Waals surface area contributed by atoms with Crippen molar-refractivity contribution in [1.29, 1.82) is 0 Å². The number of thioether (sulfide) groups is 1. The SMILES string of the molecule is CCOc1ccccc1/C=C(\NC(=O)c1ccccc1)C(=O)Nc1ccc(SC(C)C(=O)Nc2nc(-c3ccccc3)cs2)cc1. The molecule has 8 nitrogen and oxygen atoms in total. The first kappa shape index (κ1) is 32.2. The van der Waals surface area contributed by atoms with Crippen molar-refractivity contribution in [1.82, 2.24) is 10.3 Å². The predicted octanol–water partition coefficient (Wildman–Crippen LogP) is 7.74. The Labute approximate surface area is 275 Å². The first-order chi connectivity index (χ1) is 22.4. The van der Waals surface area contributed by atoms with Crippen LogP contribution in [0.4, 0.5) is 10.8 Å². The van der Waals surface area contributed by atoms with Crippen molar-refractivity contribution >= 4 is 57.7 Å². The fourth-order valence-electron chi connectivity index (χ4n) is 4.34. The number of carbonyl (C=O) groups is 3. The van der Waals surface area contributed by atoms with Crippen molar-refractivity contribution in [3.8, 4) is 17.0 Å². The van der Waals surface area contributed by atoms with Crippen LogP contribution in [0.25, 0.3) is 17.3 Å². The van der Waals surface area contributed by atoms with Crippen molar-refractivity contribution in [3.63, 3.8) is 0 Å². The van der Waals surface area contributed by atoms with Gasteiger partial charge < -0.3 is 20.7 Å². The molecule has 46 heavy (non-hydrogen) atoms. The normalized spacial score (nSPS) is 11.7. The molecule has 0 spiro atoms. The molecule has 0 fully saturated rings. The number of thiazole rings is 1. The van der Waals surface area contributed by atoms with Crippen molar-refractivity contribution < 1.29 is 19.1 Å². The number of anilines is 2. The Morgan fingerprint density at radius 1 is 0.870 bits per heavy atom. The third-order valence-corrected chi connectivity index (χ3v) is 8.52. The van der Waals surface area contributed by atoms with Crippen LogP contribution in [-0.2, 0) is 9.59 Å². The number of hydrogen-bond acceptors (Lipinski definition) is 7. The van der Waals surface area contributed by atoms with Crippen LogP contribution in [0.5, 0.6) is 5.75 Å². The summed E-state index contributed by atoms with van der Waals surface area (Å²) in [5.41, 5.74) is 3.46. The summed E-state index contributed by atoms with van der Waals surface area (Å²) in [7, 11) is 0. The van der Waals surface area contributed by atoms with Crippen LogP contribution in [0, 0.1) is 0 Å². The topological polar surface area (TPSA) is 109 Å². The molecule has 0 radical (unpaired) electrons. The van der Waals surface area contributed by atoms with E-state index < -0.39 is 17.1 Å². The molecular weight excluding hydrogens is 617 g/mol. The summed E-state index contributed by atoms with van der Waals surface area (Å²) < 4.78 is 5.72. The van der Waals surface area contributed by atoms with Crippen LogP contribution < -0.4 is 20.7 Å². The molecule has 0 aliphatic carbocycles. The molecule has 4 aromatic carbocycles. The van der Waals surface area contributed by atoms with E-state index in [2.05, 4.69) is 20.9 Å². The van der Waals surface area contributed by atoms with E-state index in [0.717, 1.165) is 16.2 Å². The minimum atomic E-state index is -0.498. The molecule has 232 valence electrons. The molecule has 0 aliphatic heterocycles. The number of ether oxygens (including phenoxy) is 1. The summed E-state index contributed by atoms with van der Waals surface area (Å²) in [6.07, 6.45) is 1.59. The molecule has 1 unspecified atom stereocenters. The monoisotopic (exact) mass is 648 g/mol. The number of nitrogens with zero attached hydrogens (tertiary/aromatic N) is 1. The molecule has 0 bridgehead atoms. The van der Waals surface area contributed by atoms with E-state index in [1.54, 1.807) is 48.5 Å². The third kappa shape index (κ3) is 8.71. The summed E-state index contributed by atoms with van der Waals surface area (Å²) in [6.45, 7) is 4.16. The summed E-state index contributed by atoms with van der Waals surface area (Å²) >= 11 is 2.77. The smallest absolute Gasteiger partial charge is 0.272 e. The fourth-order valence-corrected chi connectivity index (χ4v) is 5.93. The lowest BCUT2D eigenvalue weighted by molar-refractivity contribution is -0.115. The highest BCUT2D eigenvalue weighted by Crippen LogP contribution is 2.28. The number of nitrogens with one attached hydrogen (secondary N) is 3. The fraction of sp³-hybridized carbons (Fsp3) is 0.111. The number of benzene rings is 4. The van der Waals surface area contributed by atoms with Gasteiger partial charge in [0.1, 0.15) is 11.4 Å². The second-order valence-corrected chi connectivity index (χ2v) is 12.3. The minimum absolute atomic E-state index is 0.0577. The highest BCUT2D eigenvalue weighted by Gasteiger charge is 2.18. The number of hydrogen-bond donors (Lipinski definition) is 3. The molecule has 5 aromatic rings. The number of carbonyl (C=O) groups excluding carboxylic acids is 3. The molecule has 0 saturated carbocycles. The Bertz CT molecular complexity index is 1820. The van der Waals surface area contributed by atoms with Gasteiger partial charge in [-0.25, -0.2) is 4.98 Å². The zero-order valence-electron chi connectivity index (χ0n) is 25.2. The molecule has 1 heterocycles. The van der Waals surface area contributed by atoms with E-state index >= 15 is 0 Å². The maximum absolute atomic E-state index is 13.5. The van der Waals surface area contributed by atoms with Crippen molar-refractivity contribution in [2.45, 2.75) is 24.0 Å². The summed E-state index contributed by atoms with van der Waals surface area (Å²) in [6, 6.07) is 32.9. The average molecular weight is 649 g/mol. The van der Waals surface area contributed by atoms with E-state index in [4.69, 9.17) is 4.74 Å². The van der Waals surface area contributed by atoms with Gasteiger partial charge in [-0.15, -0.1) is 23.1 Å². The van der Waals surface area contributed by atoms with Crippen molar-refractivity contribution in [3.05, 3.63) is 131 Å². The van der Waals surface area contributed by atoms with E-state index in [0.29, 0.717) is 34.3 Å². The predicted molar refractivity (Wildman–Crippen MR) is 186 cm³/mol. The quantitative estimate of drug-likeness (QED) is 0.0944. The van der Waals surface area contributed by atoms with Crippen LogP contribution in [0.2, 0.25) is 0 Å². The van der Waals surface area contributed by atoms with Gasteiger partial charge in [-0.05, 0) is 62.4 Å². The molecule has 3 amide bonds. The Morgan fingerprint density at radius 3 is 2.26 bits per heavy atom. The lowest BCUT2D eigenvalue weighted by Crippen LogP contribution is -2.30. The van der Waals surface area contributed by atoms with Gasteiger partial charge in [0, 0.05) is 32.7 Å². The number of rotatable bonds is 12. The molecule has 0 aliphatic rings. The molecule has 3 N–H and O–H groups in total. The van der Waals surface area contributed by atoms with E-state index in [1.807, 2.05) is 86.0 Å². The molecule has 1 atom stereocenters. The van der Waals surface area contributed by atoms with Gasteiger partial charge in [0.15, 0.2) is 5.13 Å². The number of amides is 3. The second kappa shape index (κ2) is 15.7. The molecule has 0 saturated heterocycles. The second-order valence-electron chi connectivity index (χ2n) is 9.98. The van der Waals surface area contributed by atoms with Crippen molar-refractivity contribution in [2.75, 3.05) is 17.2 Å². The van der Waals surface area contributed by atoms with E-state index in [1.165, 1.54) is 23.1 Å². The zero-order chi connectivity index (χ0) is 32.3. The van der Waals surface area contributed by atoms with Gasteiger partial charge in [-0.2, -0.15) is 0 Å². The zero-order valence-corrected chi connectivity index (χ0v) is 26.9. The molecule has 1 aromatic heterocycles. The molecule has 10 heteroatoms. The largest absolute Gasteiger partial charge is 0.493 e. The standard InChI is InChI=1S/C36H32N4O4S2/c1-3-44-32-17-11-10-16-27(32)22-30(38-34(42)26-14-8-5-9-15-26)35(43)37-28-18-20-29(21-19-28)46-24(2)33(41)40-36-39-31(23-45-36)25-12-6-4-7-13-25/h4-24H,3H2,1-2H3,(H,37,43)(H,38,42)(H,39,40,41)/b30-22-. The van der Waals surface area contributed by atoms with Crippen LogP contribution >= 0.6 is 23.1 Å². The summed E-state index contributed by atoms with van der Waals surface area (Å²) in [4.78, 5) is 44.7. The maximum atomic E-state index is 13.5. The Kier molecular flexibility index (Phi) is 11.0. The van der Waals surface area contributed by atoms with Crippen molar-refractivity contribution in [2.24, 2.45) is 0 Å². The third-order valence-electron chi connectivity index (χ3n) is 6.65. The highest BCUT2D eigenvalue weighted by molar-refractivity contribution is 8.00. The first-order valence-electron chi connectivity index (χ1n) is 14.6. The Balaban J connectivity index is 1.24. The first-order valence-corrected chi connectivity index (χ1v) is 16.4. The summed E-state index contributed by atoms with van der Waals surface area (Å²) in [5, 5.41) is 10.6. The molecule has 5 rings (SSSR count). The Hall–Kier alpha value is -5.19. The average Bonchev–Trinajstić information content (AvgIpc) is 3.55. The summed E-state index contributed by atoms with van der Waals surface area (Å²) in [5.74, 6) is -0.478. The Morgan fingerprint density at radius 2 is 1.54 bits per heavy atom. The lowest BCUT2D eigenvalue weighted by atomic mass is 10.1.